The van der Waals surface area contributed by atoms with Crippen molar-refractivity contribution in [3.8, 4) is 0 Å². The number of likely N-dealkylation sites (tertiary alicyclic amines) is 1. The van der Waals surface area contributed by atoms with Crippen molar-refractivity contribution in [1.82, 2.24) is 4.90 Å². The number of nitrogens with zero attached hydrogens (tertiary/aromatic N) is 1. The number of carbonyl (C=O) groups excluding carboxylic acids is 1. The van der Waals surface area contributed by atoms with Crippen LogP contribution >= 0.6 is 11.8 Å². The molecular formula is C16H21NO3S. The van der Waals surface area contributed by atoms with E-state index in [0.717, 1.165) is 5.75 Å². The molecule has 2 rings (SSSR count). The Kier molecular flexibility index (Phi) is 5.28. The maximum absolute atomic E-state index is 12.5. The molecule has 0 aliphatic carbocycles. The van der Waals surface area contributed by atoms with E-state index in [2.05, 4.69) is 0 Å². The normalized spacial score (nSPS) is 23.0. The molecule has 0 aromatic heterocycles. The van der Waals surface area contributed by atoms with Crippen LogP contribution in [0.15, 0.2) is 30.3 Å². The predicted molar refractivity (Wildman–Crippen MR) is 84.1 cm³/mol. The van der Waals surface area contributed by atoms with Crippen LogP contribution in [0.1, 0.15) is 25.8 Å². The number of aliphatic carboxylic acids is 1. The van der Waals surface area contributed by atoms with E-state index < -0.39 is 11.9 Å². The smallest absolute Gasteiger partial charge is 0.308 e. The van der Waals surface area contributed by atoms with Crippen LogP contribution in [0.2, 0.25) is 0 Å². The Morgan fingerprint density at radius 3 is 2.62 bits per heavy atom. The van der Waals surface area contributed by atoms with Crippen molar-refractivity contribution in [2.75, 3.05) is 6.54 Å². The molecule has 3 atom stereocenters. The number of carboxylic acids is 1. The number of rotatable bonds is 5. The molecule has 114 valence electrons. The Morgan fingerprint density at radius 1 is 1.38 bits per heavy atom. The minimum Gasteiger partial charge on any atom is -0.481 e. The zero-order valence-electron chi connectivity index (χ0n) is 12.4. The first-order valence-corrected chi connectivity index (χ1v) is 8.24. The van der Waals surface area contributed by atoms with Crippen LogP contribution in [0.5, 0.6) is 0 Å². The SMILES string of the molecule is CC(SCc1ccccc1)C(=O)N1CCC(C(=O)O)C1C. The second kappa shape index (κ2) is 6.98. The molecule has 0 saturated carbocycles. The van der Waals surface area contributed by atoms with Gasteiger partial charge in [0.2, 0.25) is 5.91 Å². The third-order valence-corrected chi connectivity index (χ3v) is 5.25. The minimum absolute atomic E-state index is 0.0483. The zero-order valence-corrected chi connectivity index (χ0v) is 13.2. The summed E-state index contributed by atoms with van der Waals surface area (Å²) in [5, 5.41) is 8.98. The van der Waals surface area contributed by atoms with E-state index >= 15 is 0 Å². The molecule has 0 bridgehead atoms. The second-order valence-electron chi connectivity index (χ2n) is 5.44. The molecule has 1 amide bonds. The molecular weight excluding hydrogens is 286 g/mol. The van der Waals surface area contributed by atoms with E-state index in [0.29, 0.717) is 13.0 Å². The van der Waals surface area contributed by atoms with Gasteiger partial charge in [0.1, 0.15) is 0 Å². The number of benzene rings is 1. The van der Waals surface area contributed by atoms with Gasteiger partial charge >= 0.3 is 5.97 Å². The van der Waals surface area contributed by atoms with E-state index in [9.17, 15) is 9.59 Å². The van der Waals surface area contributed by atoms with Crippen molar-refractivity contribution in [2.24, 2.45) is 5.92 Å². The van der Waals surface area contributed by atoms with Crippen LogP contribution in [0.25, 0.3) is 0 Å². The van der Waals surface area contributed by atoms with Gasteiger partial charge in [0, 0.05) is 18.3 Å². The molecule has 1 aliphatic heterocycles. The highest BCUT2D eigenvalue weighted by atomic mass is 32.2. The molecule has 1 fully saturated rings. The molecule has 1 aliphatic rings. The highest BCUT2D eigenvalue weighted by Crippen LogP contribution is 2.28. The summed E-state index contributed by atoms with van der Waals surface area (Å²) in [6.45, 7) is 4.28. The van der Waals surface area contributed by atoms with E-state index in [1.54, 1.807) is 16.7 Å². The maximum Gasteiger partial charge on any atom is 0.308 e. The first-order valence-electron chi connectivity index (χ1n) is 7.19. The third kappa shape index (κ3) is 3.79. The van der Waals surface area contributed by atoms with E-state index in [4.69, 9.17) is 5.11 Å². The summed E-state index contributed by atoms with van der Waals surface area (Å²) in [7, 11) is 0. The number of carboxylic acid groups (broad SMARTS) is 1. The molecule has 0 radical (unpaired) electrons. The molecule has 4 nitrogen and oxygen atoms in total. The first kappa shape index (κ1) is 15.9. The molecule has 5 heteroatoms. The molecule has 1 aromatic carbocycles. The number of hydrogen-bond acceptors (Lipinski definition) is 3. The topological polar surface area (TPSA) is 57.6 Å². The summed E-state index contributed by atoms with van der Waals surface area (Å²) in [5.41, 5.74) is 1.19. The van der Waals surface area contributed by atoms with Crippen molar-refractivity contribution in [3.63, 3.8) is 0 Å². The Morgan fingerprint density at radius 2 is 2.05 bits per heavy atom. The van der Waals surface area contributed by atoms with Gasteiger partial charge in [-0.2, -0.15) is 0 Å². The average molecular weight is 307 g/mol. The lowest BCUT2D eigenvalue weighted by Crippen LogP contribution is -2.41. The van der Waals surface area contributed by atoms with Gasteiger partial charge in [-0.25, -0.2) is 0 Å². The third-order valence-electron chi connectivity index (χ3n) is 4.05. The van der Waals surface area contributed by atoms with E-state index in [1.807, 2.05) is 44.2 Å². The van der Waals surface area contributed by atoms with Crippen LogP contribution in [0.3, 0.4) is 0 Å². The molecule has 1 saturated heterocycles. The van der Waals surface area contributed by atoms with Gasteiger partial charge in [-0.15, -0.1) is 11.8 Å². The Balaban J connectivity index is 1.89. The van der Waals surface area contributed by atoms with Crippen molar-refractivity contribution >= 4 is 23.6 Å². The number of amides is 1. The fourth-order valence-electron chi connectivity index (χ4n) is 2.68. The fraction of sp³-hybridized carbons (Fsp3) is 0.500. The second-order valence-corrected chi connectivity index (χ2v) is 6.77. The van der Waals surface area contributed by atoms with Crippen molar-refractivity contribution < 1.29 is 14.7 Å². The van der Waals surface area contributed by atoms with Gasteiger partial charge in [0.15, 0.2) is 0 Å². The lowest BCUT2D eigenvalue weighted by atomic mass is 10.0. The minimum atomic E-state index is -0.803. The largest absolute Gasteiger partial charge is 0.481 e. The summed E-state index contributed by atoms with van der Waals surface area (Å²) in [4.78, 5) is 25.3. The Bertz CT molecular complexity index is 506. The average Bonchev–Trinajstić information content (AvgIpc) is 2.87. The standard InChI is InChI=1S/C16H21NO3S/c1-11-14(16(19)20)8-9-17(11)15(18)12(2)21-10-13-6-4-3-5-7-13/h3-7,11-12,14H,8-10H2,1-2H3,(H,19,20). The summed E-state index contributed by atoms with van der Waals surface area (Å²) >= 11 is 1.60. The van der Waals surface area contributed by atoms with Gasteiger partial charge in [-0.05, 0) is 25.8 Å². The summed E-state index contributed by atoms with van der Waals surface area (Å²) in [5.74, 6) is -0.395. The van der Waals surface area contributed by atoms with E-state index in [-0.39, 0.29) is 17.2 Å². The lowest BCUT2D eigenvalue weighted by molar-refractivity contribution is -0.143. The number of carbonyl (C=O) groups is 2. The molecule has 21 heavy (non-hydrogen) atoms. The highest BCUT2D eigenvalue weighted by Gasteiger charge is 2.39. The first-order chi connectivity index (χ1) is 10.0. The monoisotopic (exact) mass is 307 g/mol. The van der Waals surface area contributed by atoms with Crippen LogP contribution in [-0.4, -0.2) is 39.7 Å². The van der Waals surface area contributed by atoms with Crippen LogP contribution in [0.4, 0.5) is 0 Å². The summed E-state index contributed by atoms with van der Waals surface area (Å²) in [6, 6.07) is 9.83. The van der Waals surface area contributed by atoms with Crippen molar-refractivity contribution in [2.45, 2.75) is 37.3 Å². The van der Waals surface area contributed by atoms with Crippen molar-refractivity contribution in [3.05, 3.63) is 35.9 Å². The number of hydrogen-bond donors (Lipinski definition) is 1. The zero-order chi connectivity index (χ0) is 15.4. The molecule has 0 spiro atoms. The van der Waals surface area contributed by atoms with Crippen LogP contribution in [-0.2, 0) is 15.3 Å². The Hall–Kier alpha value is -1.49. The van der Waals surface area contributed by atoms with Gasteiger partial charge < -0.3 is 10.0 Å². The summed E-state index contributed by atoms with van der Waals surface area (Å²) in [6.07, 6.45) is 0.554. The van der Waals surface area contributed by atoms with Gasteiger partial charge in [0.25, 0.3) is 0 Å². The highest BCUT2D eigenvalue weighted by molar-refractivity contribution is 7.99. The van der Waals surface area contributed by atoms with Crippen molar-refractivity contribution in [1.29, 1.82) is 0 Å². The lowest BCUT2D eigenvalue weighted by Gasteiger charge is -2.26. The molecule has 1 N–H and O–H groups in total. The van der Waals surface area contributed by atoms with Gasteiger partial charge in [-0.3, -0.25) is 9.59 Å². The quantitative estimate of drug-likeness (QED) is 0.908. The molecule has 1 aromatic rings. The Labute approximate surface area is 129 Å². The fourth-order valence-corrected chi connectivity index (χ4v) is 3.59. The van der Waals surface area contributed by atoms with Gasteiger partial charge in [0.05, 0.1) is 11.2 Å². The predicted octanol–water partition coefficient (Wildman–Crippen LogP) is 2.63. The van der Waals surface area contributed by atoms with Crippen LogP contribution < -0.4 is 0 Å². The van der Waals surface area contributed by atoms with E-state index in [1.165, 1.54) is 5.56 Å². The van der Waals surface area contributed by atoms with Crippen LogP contribution in [0, 0.1) is 5.92 Å². The number of thioether (sulfide) groups is 1. The van der Waals surface area contributed by atoms with Gasteiger partial charge in [-0.1, -0.05) is 30.3 Å². The summed E-state index contributed by atoms with van der Waals surface area (Å²) < 4.78 is 0. The molecule has 1 heterocycles. The molecule has 3 unspecified atom stereocenters. The maximum atomic E-state index is 12.5.